The van der Waals surface area contributed by atoms with Crippen molar-refractivity contribution < 1.29 is 27.6 Å². The van der Waals surface area contributed by atoms with Gasteiger partial charge in [0.2, 0.25) is 5.82 Å². The Morgan fingerprint density at radius 2 is 2.07 bits per heavy atom. The molecule has 0 radical (unpaired) electrons. The molecule has 30 heavy (non-hydrogen) atoms. The number of hydrogen-bond donors (Lipinski definition) is 2. The van der Waals surface area contributed by atoms with Crippen LogP contribution in [0, 0.1) is 6.92 Å². The third-order valence-electron chi connectivity index (χ3n) is 4.73. The molecule has 0 bridgehead atoms. The first-order valence-electron chi connectivity index (χ1n) is 9.26. The molecular weight excluding hydrogens is 410 g/mol. The lowest BCUT2D eigenvalue weighted by Crippen LogP contribution is -2.14. The number of aromatic carboxylic acids is 1. The summed E-state index contributed by atoms with van der Waals surface area (Å²) in [6, 6.07) is 10.5. The molecule has 0 amide bonds. The fraction of sp³-hybridized carbons (Fsp3) is 0.250. The van der Waals surface area contributed by atoms with Gasteiger partial charge in [-0.15, -0.1) is 0 Å². The Morgan fingerprint density at radius 1 is 1.23 bits per heavy atom. The number of carboxylic acid groups (broad SMARTS) is 1. The van der Waals surface area contributed by atoms with E-state index >= 15 is 0 Å². The lowest BCUT2D eigenvalue weighted by Gasteiger charge is -2.11. The molecule has 1 saturated heterocycles. The van der Waals surface area contributed by atoms with Crippen LogP contribution in [0.1, 0.15) is 40.8 Å². The first kappa shape index (κ1) is 20.0. The van der Waals surface area contributed by atoms with E-state index in [1.807, 2.05) is 0 Å². The van der Waals surface area contributed by atoms with Gasteiger partial charge in [0.1, 0.15) is 6.10 Å². The number of sulfonamides is 1. The fourth-order valence-electron chi connectivity index (χ4n) is 3.27. The topological polar surface area (TPSA) is 132 Å². The molecule has 0 spiro atoms. The monoisotopic (exact) mass is 429 g/mol. The lowest BCUT2D eigenvalue weighted by atomic mass is 10.1. The SMILES string of the molecule is Cc1cc(C(=O)O)ccc1S(=O)(=O)Nc1cccc(-c2noc(C3CCCO3)n2)c1. The van der Waals surface area contributed by atoms with Gasteiger partial charge >= 0.3 is 5.97 Å². The second-order valence-corrected chi connectivity index (χ2v) is 8.58. The molecule has 1 fully saturated rings. The summed E-state index contributed by atoms with van der Waals surface area (Å²) < 4.78 is 38.9. The number of carboxylic acids is 1. The van der Waals surface area contributed by atoms with Crippen molar-refractivity contribution in [3.05, 3.63) is 59.5 Å². The van der Waals surface area contributed by atoms with Crippen LogP contribution in [-0.2, 0) is 14.8 Å². The van der Waals surface area contributed by atoms with Crippen LogP contribution in [0.2, 0.25) is 0 Å². The van der Waals surface area contributed by atoms with Gasteiger partial charge in [0.25, 0.3) is 15.9 Å². The van der Waals surface area contributed by atoms with Gasteiger partial charge in [0, 0.05) is 17.9 Å². The average Bonchev–Trinajstić information content (AvgIpc) is 3.39. The number of aromatic nitrogens is 2. The van der Waals surface area contributed by atoms with Crippen molar-refractivity contribution in [2.45, 2.75) is 30.8 Å². The van der Waals surface area contributed by atoms with E-state index in [0.717, 1.165) is 12.8 Å². The Bertz CT molecular complexity index is 1200. The average molecular weight is 429 g/mol. The molecule has 1 aliphatic rings. The number of nitrogens with one attached hydrogen (secondary N) is 1. The summed E-state index contributed by atoms with van der Waals surface area (Å²) in [5, 5.41) is 13.0. The van der Waals surface area contributed by atoms with Crippen molar-refractivity contribution in [3.8, 4) is 11.4 Å². The number of rotatable bonds is 6. The minimum absolute atomic E-state index is 0.00173. The van der Waals surface area contributed by atoms with Crippen LogP contribution in [-0.4, -0.2) is 36.2 Å². The summed E-state index contributed by atoms with van der Waals surface area (Å²) in [5.41, 5.74) is 1.25. The summed E-state index contributed by atoms with van der Waals surface area (Å²) in [7, 11) is -3.92. The van der Waals surface area contributed by atoms with E-state index in [4.69, 9.17) is 14.4 Å². The highest BCUT2D eigenvalue weighted by Gasteiger charge is 2.24. The van der Waals surface area contributed by atoms with E-state index in [1.165, 1.54) is 18.2 Å². The third kappa shape index (κ3) is 4.05. The van der Waals surface area contributed by atoms with Crippen LogP contribution in [0.15, 0.2) is 51.9 Å². The van der Waals surface area contributed by atoms with E-state index in [-0.39, 0.29) is 16.6 Å². The molecule has 10 heteroatoms. The van der Waals surface area contributed by atoms with Crippen LogP contribution < -0.4 is 4.72 Å². The van der Waals surface area contributed by atoms with Gasteiger partial charge in [-0.05, 0) is 55.7 Å². The minimum atomic E-state index is -3.92. The number of benzene rings is 2. The number of ether oxygens (including phenoxy) is 1. The largest absolute Gasteiger partial charge is 0.478 e. The fourth-order valence-corrected chi connectivity index (χ4v) is 4.55. The first-order chi connectivity index (χ1) is 14.3. The van der Waals surface area contributed by atoms with Crippen LogP contribution >= 0.6 is 0 Å². The Morgan fingerprint density at radius 3 is 2.77 bits per heavy atom. The summed E-state index contributed by atoms with van der Waals surface area (Å²) >= 11 is 0. The zero-order valence-electron chi connectivity index (χ0n) is 16.0. The zero-order valence-corrected chi connectivity index (χ0v) is 16.8. The normalized spacial score (nSPS) is 16.5. The molecule has 4 rings (SSSR count). The molecule has 1 aromatic heterocycles. The van der Waals surface area contributed by atoms with Crippen molar-refractivity contribution in [1.82, 2.24) is 10.1 Å². The Labute approximate surface area is 172 Å². The van der Waals surface area contributed by atoms with Gasteiger partial charge < -0.3 is 14.4 Å². The van der Waals surface area contributed by atoms with Crippen molar-refractivity contribution in [2.24, 2.45) is 0 Å². The lowest BCUT2D eigenvalue weighted by molar-refractivity contribution is 0.0696. The van der Waals surface area contributed by atoms with Gasteiger partial charge in [0.15, 0.2) is 0 Å². The van der Waals surface area contributed by atoms with E-state index in [1.54, 1.807) is 31.2 Å². The Balaban J connectivity index is 1.58. The van der Waals surface area contributed by atoms with Crippen LogP contribution in [0.4, 0.5) is 5.69 Å². The maximum Gasteiger partial charge on any atom is 0.335 e. The Kier molecular flexibility index (Phi) is 5.27. The third-order valence-corrected chi connectivity index (χ3v) is 6.27. The van der Waals surface area contributed by atoms with Gasteiger partial charge in [-0.1, -0.05) is 17.3 Å². The van der Waals surface area contributed by atoms with E-state index < -0.39 is 16.0 Å². The maximum absolute atomic E-state index is 12.8. The van der Waals surface area contributed by atoms with Crippen molar-refractivity contribution in [3.63, 3.8) is 0 Å². The van der Waals surface area contributed by atoms with Crippen molar-refractivity contribution in [1.29, 1.82) is 0 Å². The number of nitrogens with zero attached hydrogens (tertiary/aromatic N) is 2. The molecule has 2 heterocycles. The second kappa shape index (κ2) is 7.88. The molecule has 1 unspecified atom stereocenters. The van der Waals surface area contributed by atoms with Gasteiger partial charge in [-0.3, -0.25) is 4.72 Å². The van der Waals surface area contributed by atoms with Crippen molar-refractivity contribution >= 4 is 21.7 Å². The van der Waals surface area contributed by atoms with Crippen LogP contribution in [0.5, 0.6) is 0 Å². The molecule has 9 nitrogen and oxygen atoms in total. The quantitative estimate of drug-likeness (QED) is 0.609. The molecule has 156 valence electrons. The number of anilines is 1. The smallest absolute Gasteiger partial charge is 0.335 e. The van der Waals surface area contributed by atoms with Gasteiger partial charge in [0.05, 0.1) is 10.5 Å². The van der Waals surface area contributed by atoms with Gasteiger partial charge in [-0.25, -0.2) is 13.2 Å². The van der Waals surface area contributed by atoms with Gasteiger partial charge in [-0.2, -0.15) is 4.98 Å². The van der Waals surface area contributed by atoms with Crippen LogP contribution in [0.25, 0.3) is 11.4 Å². The molecule has 2 aromatic carbocycles. The molecular formula is C20H19N3O6S. The second-order valence-electron chi connectivity index (χ2n) is 6.93. The summed E-state index contributed by atoms with van der Waals surface area (Å²) in [6.45, 7) is 2.20. The number of aryl methyl sites for hydroxylation is 1. The zero-order chi connectivity index (χ0) is 21.3. The maximum atomic E-state index is 12.8. The van der Waals surface area contributed by atoms with Crippen LogP contribution in [0.3, 0.4) is 0 Å². The summed E-state index contributed by atoms with van der Waals surface area (Å²) in [4.78, 5) is 15.4. The van der Waals surface area contributed by atoms with E-state index in [0.29, 0.717) is 35.1 Å². The van der Waals surface area contributed by atoms with E-state index in [9.17, 15) is 13.2 Å². The minimum Gasteiger partial charge on any atom is -0.478 e. The molecule has 0 aliphatic carbocycles. The van der Waals surface area contributed by atoms with Crippen molar-refractivity contribution in [2.75, 3.05) is 11.3 Å². The number of carbonyl (C=O) groups is 1. The summed E-state index contributed by atoms with van der Waals surface area (Å²) in [5.74, 6) is -0.378. The summed E-state index contributed by atoms with van der Waals surface area (Å²) in [6.07, 6.45) is 1.55. The molecule has 1 atom stereocenters. The first-order valence-corrected chi connectivity index (χ1v) is 10.7. The Hall–Kier alpha value is -3.24. The predicted molar refractivity (Wildman–Crippen MR) is 107 cm³/mol. The molecule has 3 aromatic rings. The standard InChI is InChI=1S/C20H19N3O6S/c1-12-10-14(20(24)25)7-8-17(12)30(26,27)23-15-5-2-4-13(11-15)18-21-19(29-22-18)16-6-3-9-28-16/h2,4-5,7-8,10-11,16,23H,3,6,9H2,1H3,(H,24,25). The molecule has 1 aliphatic heterocycles. The molecule has 2 N–H and O–H groups in total. The molecule has 0 saturated carbocycles. The number of hydrogen-bond acceptors (Lipinski definition) is 7. The predicted octanol–water partition coefficient (Wildman–Crippen LogP) is 3.40. The highest BCUT2D eigenvalue weighted by atomic mass is 32.2. The van der Waals surface area contributed by atoms with E-state index in [2.05, 4.69) is 14.9 Å². The highest BCUT2D eigenvalue weighted by molar-refractivity contribution is 7.92. The highest BCUT2D eigenvalue weighted by Crippen LogP contribution is 2.29.